The van der Waals surface area contributed by atoms with Crippen molar-refractivity contribution in [1.29, 1.82) is 0 Å². The number of carbonyl (C=O) groups is 2. The van der Waals surface area contributed by atoms with Gasteiger partial charge in [-0.15, -0.1) is 0 Å². The highest BCUT2D eigenvalue weighted by atomic mass is 35.5. The number of hydrogen-bond acceptors (Lipinski definition) is 3. The Morgan fingerprint density at radius 2 is 1.85 bits per heavy atom. The van der Waals surface area contributed by atoms with E-state index in [0.29, 0.717) is 5.02 Å². The van der Waals surface area contributed by atoms with Crippen molar-refractivity contribution in [2.24, 2.45) is 0 Å². The summed E-state index contributed by atoms with van der Waals surface area (Å²) in [5, 5.41) is 3.19. The lowest BCUT2D eigenvalue weighted by molar-refractivity contribution is -0.156. The van der Waals surface area contributed by atoms with Crippen molar-refractivity contribution in [2.75, 3.05) is 0 Å². The highest BCUT2D eigenvalue weighted by molar-refractivity contribution is 6.35. The number of rotatable bonds is 3. The zero-order valence-corrected chi connectivity index (χ0v) is 13.3. The molecule has 0 aromatic heterocycles. The molecule has 20 heavy (non-hydrogen) atoms. The number of ether oxygens (including phenoxy) is 1. The van der Waals surface area contributed by atoms with Gasteiger partial charge < -0.3 is 10.1 Å². The van der Waals surface area contributed by atoms with Crippen LogP contribution < -0.4 is 5.32 Å². The third-order valence-electron chi connectivity index (χ3n) is 2.28. The van der Waals surface area contributed by atoms with Gasteiger partial charge in [-0.3, -0.25) is 4.79 Å². The Morgan fingerprint density at radius 1 is 1.25 bits per heavy atom. The Labute approximate surface area is 128 Å². The molecule has 1 aromatic carbocycles. The minimum atomic E-state index is -0.781. The molecule has 1 amide bonds. The van der Waals surface area contributed by atoms with Crippen LogP contribution in [0.4, 0.5) is 0 Å². The number of carbonyl (C=O) groups excluding carboxylic acids is 2. The van der Waals surface area contributed by atoms with E-state index in [1.54, 1.807) is 33.8 Å². The maximum absolute atomic E-state index is 12.0. The molecular weight excluding hydrogens is 301 g/mol. The van der Waals surface area contributed by atoms with Gasteiger partial charge in [0.1, 0.15) is 11.6 Å². The van der Waals surface area contributed by atoms with E-state index in [1.165, 1.54) is 12.1 Å². The first-order chi connectivity index (χ1) is 9.10. The standard InChI is InChI=1S/C14H17Cl2NO3/c1-8(13(19)20-14(2,3)4)17-12(18)10-7-9(15)5-6-11(10)16/h5-8H,1-4H3,(H,17,18)/t8-/m0/s1. The second kappa shape index (κ2) is 6.46. The van der Waals surface area contributed by atoms with E-state index in [-0.39, 0.29) is 10.6 Å². The van der Waals surface area contributed by atoms with Crippen molar-refractivity contribution in [2.45, 2.75) is 39.3 Å². The number of nitrogens with one attached hydrogen (secondary N) is 1. The van der Waals surface area contributed by atoms with Crippen LogP contribution in [0.1, 0.15) is 38.1 Å². The normalized spacial score (nSPS) is 12.7. The van der Waals surface area contributed by atoms with Crippen LogP contribution >= 0.6 is 23.2 Å². The maximum Gasteiger partial charge on any atom is 0.328 e. The van der Waals surface area contributed by atoms with Gasteiger partial charge in [0.05, 0.1) is 10.6 Å². The SMILES string of the molecule is C[C@H](NC(=O)c1cc(Cl)ccc1Cl)C(=O)OC(C)(C)C. The van der Waals surface area contributed by atoms with Crippen LogP contribution in [0.2, 0.25) is 10.0 Å². The zero-order valence-electron chi connectivity index (χ0n) is 11.8. The van der Waals surface area contributed by atoms with Crippen LogP contribution in [-0.4, -0.2) is 23.5 Å². The largest absolute Gasteiger partial charge is 0.458 e. The molecule has 110 valence electrons. The van der Waals surface area contributed by atoms with Gasteiger partial charge in [-0.25, -0.2) is 4.79 Å². The van der Waals surface area contributed by atoms with Gasteiger partial charge in [-0.2, -0.15) is 0 Å². The quantitative estimate of drug-likeness (QED) is 0.869. The molecule has 0 unspecified atom stereocenters. The van der Waals surface area contributed by atoms with Gasteiger partial charge in [0.15, 0.2) is 0 Å². The first-order valence-electron chi connectivity index (χ1n) is 6.09. The van der Waals surface area contributed by atoms with Gasteiger partial charge in [-0.1, -0.05) is 23.2 Å². The third-order valence-corrected chi connectivity index (χ3v) is 2.85. The molecule has 0 saturated carbocycles. The van der Waals surface area contributed by atoms with E-state index in [0.717, 1.165) is 0 Å². The number of esters is 1. The minimum absolute atomic E-state index is 0.217. The summed E-state index contributed by atoms with van der Waals surface area (Å²) < 4.78 is 5.18. The van der Waals surface area contributed by atoms with E-state index in [9.17, 15) is 9.59 Å². The van der Waals surface area contributed by atoms with Gasteiger partial charge in [0, 0.05) is 5.02 Å². The average molecular weight is 318 g/mol. The lowest BCUT2D eigenvalue weighted by Gasteiger charge is -2.22. The Hall–Kier alpha value is -1.26. The van der Waals surface area contributed by atoms with Crippen molar-refractivity contribution >= 4 is 35.1 Å². The van der Waals surface area contributed by atoms with E-state index in [2.05, 4.69) is 5.32 Å². The summed E-state index contributed by atoms with van der Waals surface area (Å²) >= 11 is 11.7. The van der Waals surface area contributed by atoms with Crippen LogP contribution in [0.15, 0.2) is 18.2 Å². The smallest absolute Gasteiger partial charge is 0.328 e. The number of amides is 1. The van der Waals surface area contributed by atoms with Crippen LogP contribution in [0.5, 0.6) is 0 Å². The average Bonchev–Trinajstić information content (AvgIpc) is 2.29. The van der Waals surface area contributed by atoms with Crippen LogP contribution in [0, 0.1) is 0 Å². The summed E-state index contributed by atoms with van der Waals surface area (Å²) in [7, 11) is 0. The van der Waals surface area contributed by atoms with Crippen molar-refractivity contribution in [3.05, 3.63) is 33.8 Å². The minimum Gasteiger partial charge on any atom is -0.458 e. The van der Waals surface area contributed by atoms with Crippen LogP contribution in [0.3, 0.4) is 0 Å². The molecule has 0 spiro atoms. The summed E-state index contributed by atoms with van der Waals surface area (Å²) in [4.78, 5) is 23.8. The van der Waals surface area contributed by atoms with Gasteiger partial charge in [-0.05, 0) is 45.9 Å². The highest BCUT2D eigenvalue weighted by Crippen LogP contribution is 2.20. The molecule has 1 N–H and O–H groups in total. The molecule has 6 heteroatoms. The predicted molar refractivity (Wildman–Crippen MR) is 79.2 cm³/mol. The van der Waals surface area contributed by atoms with Gasteiger partial charge >= 0.3 is 5.97 Å². The zero-order chi connectivity index (χ0) is 15.5. The van der Waals surface area contributed by atoms with E-state index in [1.807, 2.05) is 0 Å². The molecule has 0 fully saturated rings. The summed E-state index contributed by atoms with van der Waals surface area (Å²) in [6.45, 7) is 6.82. The predicted octanol–water partition coefficient (Wildman–Crippen LogP) is 3.45. The van der Waals surface area contributed by atoms with E-state index >= 15 is 0 Å². The molecule has 0 bridgehead atoms. The molecular formula is C14H17Cl2NO3. The molecule has 0 saturated heterocycles. The molecule has 0 heterocycles. The molecule has 4 nitrogen and oxygen atoms in total. The van der Waals surface area contributed by atoms with Crippen LogP contribution in [-0.2, 0) is 9.53 Å². The Morgan fingerprint density at radius 3 is 2.40 bits per heavy atom. The monoisotopic (exact) mass is 317 g/mol. The fourth-order valence-corrected chi connectivity index (χ4v) is 1.77. The first kappa shape index (κ1) is 16.8. The number of halogens is 2. The maximum atomic E-state index is 12.0. The summed E-state index contributed by atoms with van der Waals surface area (Å²) in [6.07, 6.45) is 0. The third kappa shape index (κ3) is 5.02. The lowest BCUT2D eigenvalue weighted by Crippen LogP contribution is -2.42. The summed E-state index contributed by atoms with van der Waals surface area (Å²) in [6, 6.07) is 3.77. The number of hydrogen-bond donors (Lipinski definition) is 1. The second-order valence-electron chi connectivity index (χ2n) is 5.35. The number of benzene rings is 1. The molecule has 1 aromatic rings. The molecule has 1 atom stereocenters. The van der Waals surface area contributed by atoms with Crippen molar-refractivity contribution in [1.82, 2.24) is 5.32 Å². The fraction of sp³-hybridized carbons (Fsp3) is 0.429. The molecule has 0 aliphatic rings. The van der Waals surface area contributed by atoms with E-state index < -0.39 is 23.5 Å². The first-order valence-corrected chi connectivity index (χ1v) is 6.84. The molecule has 1 rings (SSSR count). The molecule has 0 aliphatic heterocycles. The summed E-state index contributed by atoms with van der Waals surface area (Å²) in [5.41, 5.74) is -0.390. The summed E-state index contributed by atoms with van der Waals surface area (Å²) in [5.74, 6) is -0.986. The van der Waals surface area contributed by atoms with Crippen molar-refractivity contribution in [3.8, 4) is 0 Å². The molecule has 0 radical (unpaired) electrons. The lowest BCUT2D eigenvalue weighted by atomic mass is 10.2. The Kier molecular flexibility index (Phi) is 5.42. The van der Waals surface area contributed by atoms with Gasteiger partial charge in [0.2, 0.25) is 0 Å². The van der Waals surface area contributed by atoms with Crippen molar-refractivity contribution in [3.63, 3.8) is 0 Å². The van der Waals surface area contributed by atoms with Crippen LogP contribution in [0.25, 0.3) is 0 Å². The topological polar surface area (TPSA) is 55.4 Å². The highest BCUT2D eigenvalue weighted by Gasteiger charge is 2.24. The van der Waals surface area contributed by atoms with E-state index in [4.69, 9.17) is 27.9 Å². The fourth-order valence-electron chi connectivity index (χ4n) is 1.39. The second-order valence-corrected chi connectivity index (χ2v) is 6.20. The van der Waals surface area contributed by atoms with Gasteiger partial charge in [0.25, 0.3) is 5.91 Å². The van der Waals surface area contributed by atoms with Crippen molar-refractivity contribution < 1.29 is 14.3 Å². The Bertz CT molecular complexity index is 524. The molecule has 0 aliphatic carbocycles. The Balaban J connectivity index is 2.75.